The molecule has 0 aromatic rings. The summed E-state index contributed by atoms with van der Waals surface area (Å²) in [6.07, 6.45) is 0.0462. The molecule has 0 aromatic carbocycles. The van der Waals surface area contributed by atoms with E-state index in [2.05, 4.69) is 4.72 Å². The molecule has 0 aliphatic carbocycles. The van der Waals surface area contributed by atoms with Gasteiger partial charge < -0.3 is 10.2 Å². The fourth-order valence-electron chi connectivity index (χ4n) is 1.55. The van der Waals surface area contributed by atoms with Crippen LogP contribution in [-0.2, 0) is 19.9 Å². The van der Waals surface area contributed by atoms with E-state index in [0.29, 0.717) is 0 Å². The molecule has 0 radical (unpaired) electrons. The molecule has 1 aliphatic rings. The van der Waals surface area contributed by atoms with Crippen molar-refractivity contribution in [1.29, 1.82) is 0 Å². The highest BCUT2D eigenvalue weighted by Crippen LogP contribution is 2.19. The highest BCUT2D eigenvalue weighted by Gasteiger charge is 2.40. The van der Waals surface area contributed by atoms with Crippen LogP contribution in [0.25, 0.3) is 0 Å². The van der Waals surface area contributed by atoms with E-state index in [1.54, 1.807) is 0 Å². The summed E-state index contributed by atoms with van der Waals surface area (Å²) >= 11 is 0. The van der Waals surface area contributed by atoms with Gasteiger partial charge in [-0.3, -0.25) is 0 Å². The van der Waals surface area contributed by atoms with Gasteiger partial charge in [0.15, 0.2) is 9.84 Å². The summed E-state index contributed by atoms with van der Waals surface area (Å²) in [6, 6.07) is 0. The Morgan fingerprint density at radius 2 is 1.88 bits per heavy atom. The smallest absolute Gasteiger partial charge is 0.216 e. The number of sulfonamides is 1. The third-order valence-electron chi connectivity index (χ3n) is 2.72. The molecule has 1 atom stereocenters. The normalized spacial score (nSPS) is 25.0. The van der Waals surface area contributed by atoms with Gasteiger partial charge in [0.1, 0.15) is 0 Å². The summed E-state index contributed by atoms with van der Waals surface area (Å²) in [7, 11) is -7.15. The van der Waals surface area contributed by atoms with E-state index in [1.165, 1.54) is 6.92 Å². The molecule has 102 valence electrons. The SMILES string of the molecule is CC(CO)(CO)NS(=O)(=O)C1CCS(=O)(=O)C1. The van der Waals surface area contributed by atoms with Gasteiger partial charge >= 0.3 is 0 Å². The average Bonchev–Trinajstić information content (AvgIpc) is 2.59. The quantitative estimate of drug-likeness (QED) is 0.529. The second-order valence-electron chi connectivity index (χ2n) is 4.55. The van der Waals surface area contributed by atoms with Gasteiger partial charge in [-0.05, 0) is 13.3 Å². The minimum absolute atomic E-state index is 0.0462. The minimum atomic E-state index is -3.86. The number of aliphatic hydroxyl groups is 2. The van der Waals surface area contributed by atoms with Gasteiger partial charge in [0, 0.05) is 0 Å². The molecule has 17 heavy (non-hydrogen) atoms. The highest BCUT2D eigenvalue weighted by atomic mass is 32.2. The van der Waals surface area contributed by atoms with Crippen LogP contribution in [0.2, 0.25) is 0 Å². The summed E-state index contributed by atoms with van der Waals surface area (Å²) in [6.45, 7) is 0.207. The van der Waals surface area contributed by atoms with Crippen molar-refractivity contribution in [3.05, 3.63) is 0 Å². The average molecular weight is 287 g/mol. The Labute approximate surface area is 101 Å². The molecule has 1 fully saturated rings. The van der Waals surface area contributed by atoms with Crippen molar-refractivity contribution < 1.29 is 27.0 Å². The predicted octanol–water partition coefficient (Wildman–Crippen LogP) is -2.16. The number of sulfone groups is 1. The van der Waals surface area contributed by atoms with Crippen LogP contribution in [0.3, 0.4) is 0 Å². The lowest BCUT2D eigenvalue weighted by atomic mass is 10.1. The summed E-state index contributed by atoms with van der Waals surface area (Å²) in [4.78, 5) is 0. The molecule has 3 N–H and O–H groups in total. The molecular formula is C8H17NO6S2. The molecule has 1 aliphatic heterocycles. The molecule has 1 saturated heterocycles. The van der Waals surface area contributed by atoms with Gasteiger partial charge in [-0.1, -0.05) is 0 Å². The molecule has 1 rings (SSSR count). The van der Waals surface area contributed by atoms with Crippen molar-refractivity contribution in [2.45, 2.75) is 24.1 Å². The highest BCUT2D eigenvalue weighted by molar-refractivity contribution is 7.95. The largest absolute Gasteiger partial charge is 0.394 e. The lowest BCUT2D eigenvalue weighted by molar-refractivity contribution is 0.121. The van der Waals surface area contributed by atoms with Gasteiger partial charge in [-0.15, -0.1) is 0 Å². The number of hydrogen-bond donors (Lipinski definition) is 3. The van der Waals surface area contributed by atoms with Crippen molar-refractivity contribution in [3.8, 4) is 0 Å². The Kier molecular flexibility index (Phi) is 4.20. The van der Waals surface area contributed by atoms with E-state index < -0.39 is 49.6 Å². The van der Waals surface area contributed by atoms with Crippen LogP contribution in [0.4, 0.5) is 0 Å². The zero-order valence-corrected chi connectivity index (χ0v) is 11.1. The van der Waals surface area contributed by atoms with Crippen molar-refractivity contribution in [3.63, 3.8) is 0 Å². The first kappa shape index (κ1) is 14.8. The molecule has 0 spiro atoms. The predicted molar refractivity (Wildman–Crippen MR) is 61.7 cm³/mol. The van der Waals surface area contributed by atoms with E-state index in [0.717, 1.165) is 0 Å². The van der Waals surface area contributed by atoms with E-state index in [4.69, 9.17) is 10.2 Å². The Balaban J connectivity index is 2.84. The summed E-state index contributed by atoms with van der Waals surface area (Å²) in [5.74, 6) is -0.553. The molecule has 1 unspecified atom stereocenters. The zero-order valence-electron chi connectivity index (χ0n) is 9.46. The van der Waals surface area contributed by atoms with E-state index in [-0.39, 0.29) is 12.2 Å². The van der Waals surface area contributed by atoms with Crippen LogP contribution < -0.4 is 4.72 Å². The van der Waals surface area contributed by atoms with E-state index >= 15 is 0 Å². The van der Waals surface area contributed by atoms with Crippen molar-refractivity contribution in [2.24, 2.45) is 0 Å². The second kappa shape index (κ2) is 4.81. The molecule has 9 heteroatoms. The third-order valence-corrected chi connectivity index (χ3v) is 6.75. The first-order valence-corrected chi connectivity index (χ1v) is 8.46. The third kappa shape index (κ3) is 3.62. The fourth-order valence-corrected chi connectivity index (χ4v) is 5.99. The Hall–Kier alpha value is -0.220. The van der Waals surface area contributed by atoms with Crippen molar-refractivity contribution in [2.75, 3.05) is 24.7 Å². The van der Waals surface area contributed by atoms with Crippen LogP contribution >= 0.6 is 0 Å². The molecule has 0 bridgehead atoms. The number of hydrogen-bond acceptors (Lipinski definition) is 6. The Morgan fingerprint density at radius 1 is 1.35 bits per heavy atom. The maximum atomic E-state index is 11.9. The second-order valence-corrected chi connectivity index (χ2v) is 8.74. The molecule has 0 aromatic heterocycles. The lowest BCUT2D eigenvalue weighted by Crippen LogP contribution is -2.54. The first-order valence-electron chi connectivity index (χ1n) is 5.09. The standard InChI is InChI=1S/C8H17NO6S2/c1-8(5-10,6-11)9-17(14,15)7-2-3-16(12,13)4-7/h7,9-11H,2-6H2,1H3. The lowest BCUT2D eigenvalue weighted by Gasteiger charge is -2.27. The van der Waals surface area contributed by atoms with Gasteiger partial charge in [-0.25, -0.2) is 21.6 Å². The number of aliphatic hydroxyl groups excluding tert-OH is 2. The van der Waals surface area contributed by atoms with E-state index in [1.807, 2.05) is 0 Å². The first-order chi connectivity index (χ1) is 7.64. The summed E-state index contributed by atoms with van der Waals surface area (Å²) < 4.78 is 48.3. The van der Waals surface area contributed by atoms with Crippen molar-refractivity contribution >= 4 is 19.9 Å². The summed E-state index contributed by atoms with van der Waals surface area (Å²) in [5.41, 5.74) is -1.37. The molecule has 1 heterocycles. The minimum Gasteiger partial charge on any atom is -0.394 e. The van der Waals surface area contributed by atoms with Crippen molar-refractivity contribution in [1.82, 2.24) is 4.72 Å². The molecule has 7 nitrogen and oxygen atoms in total. The summed E-state index contributed by atoms with van der Waals surface area (Å²) in [5, 5.41) is 17.0. The topological polar surface area (TPSA) is 121 Å². The molecular weight excluding hydrogens is 270 g/mol. The maximum absolute atomic E-state index is 11.9. The van der Waals surface area contributed by atoms with Gasteiger partial charge in [0.25, 0.3) is 0 Å². The monoisotopic (exact) mass is 287 g/mol. The van der Waals surface area contributed by atoms with Crippen LogP contribution in [0.15, 0.2) is 0 Å². The molecule has 0 amide bonds. The van der Waals surface area contributed by atoms with Gasteiger partial charge in [0.2, 0.25) is 10.0 Å². The molecule has 0 saturated carbocycles. The zero-order chi connectivity index (χ0) is 13.3. The van der Waals surface area contributed by atoms with Gasteiger partial charge in [0.05, 0.1) is 35.5 Å². The van der Waals surface area contributed by atoms with Crippen LogP contribution in [0.5, 0.6) is 0 Å². The Morgan fingerprint density at radius 3 is 2.24 bits per heavy atom. The van der Waals surface area contributed by atoms with Crippen LogP contribution in [0.1, 0.15) is 13.3 Å². The van der Waals surface area contributed by atoms with Crippen LogP contribution in [0, 0.1) is 0 Å². The van der Waals surface area contributed by atoms with Gasteiger partial charge in [-0.2, -0.15) is 0 Å². The maximum Gasteiger partial charge on any atom is 0.216 e. The van der Waals surface area contributed by atoms with Crippen LogP contribution in [-0.4, -0.2) is 62.6 Å². The number of rotatable bonds is 5. The number of nitrogens with one attached hydrogen (secondary N) is 1. The van der Waals surface area contributed by atoms with E-state index in [9.17, 15) is 16.8 Å². The fraction of sp³-hybridized carbons (Fsp3) is 1.00. The Bertz CT molecular complexity index is 464.